The molecule has 108 valence electrons. The van der Waals surface area contributed by atoms with Crippen LogP contribution in [0.3, 0.4) is 0 Å². The van der Waals surface area contributed by atoms with Crippen LogP contribution < -0.4 is 21.9 Å². The van der Waals surface area contributed by atoms with E-state index in [1.165, 1.54) is 0 Å². The molecule has 0 radical (unpaired) electrons. The molecular formula is C10H10Cl3N5OS. The topological polar surface area (TPSA) is 92.1 Å². The molecule has 10 heteroatoms. The maximum atomic E-state index is 11.9. The standard InChI is InChI=1S/C10H10Cl3N5OS/c11-4-6(14)5(12)8(13)16-7(4)9(19)17-18-10(20)15-3-1-2-3/h3H,1-2H2,(H2,14,16)(H,17,19)(H2,15,18,20). The molecule has 1 aromatic heterocycles. The maximum Gasteiger partial charge on any atom is 0.289 e. The van der Waals surface area contributed by atoms with Gasteiger partial charge in [-0.2, -0.15) is 0 Å². The molecule has 1 saturated carbocycles. The first-order valence-corrected chi connectivity index (χ1v) is 7.11. The van der Waals surface area contributed by atoms with Gasteiger partial charge in [0.25, 0.3) is 5.91 Å². The minimum Gasteiger partial charge on any atom is -0.396 e. The number of nitrogens with two attached hydrogens (primary N) is 1. The van der Waals surface area contributed by atoms with Crippen LogP contribution in [0.1, 0.15) is 23.3 Å². The molecule has 1 fully saturated rings. The predicted molar refractivity (Wildman–Crippen MR) is 83.0 cm³/mol. The molecule has 0 saturated heterocycles. The molecule has 0 atom stereocenters. The smallest absolute Gasteiger partial charge is 0.289 e. The van der Waals surface area contributed by atoms with Crippen molar-refractivity contribution in [2.24, 2.45) is 0 Å². The van der Waals surface area contributed by atoms with Gasteiger partial charge in [-0.15, -0.1) is 0 Å². The van der Waals surface area contributed by atoms with Crippen molar-refractivity contribution in [1.82, 2.24) is 21.2 Å². The maximum absolute atomic E-state index is 11.9. The van der Waals surface area contributed by atoms with Crippen molar-refractivity contribution in [2.45, 2.75) is 18.9 Å². The van der Waals surface area contributed by atoms with E-state index in [9.17, 15) is 4.79 Å². The number of hydrogen-bond donors (Lipinski definition) is 4. The number of thiocarbonyl (C=S) groups is 1. The summed E-state index contributed by atoms with van der Waals surface area (Å²) in [6, 6.07) is 0.370. The summed E-state index contributed by atoms with van der Waals surface area (Å²) >= 11 is 22.4. The minimum atomic E-state index is -0.625. The molecule has 0 unspecified atom stereocenters. The summed E-state index contributed by atoms with van der Waals surface area (Å²) in [5.41, 5.74) is 10.4. The van der Waals surface area contributed by atoms with Crippen molar-refractivity contribution in [1.29, 1.82) is 0 Å². The molecule has 6 nitrogen and oxygen atoms in total. The number of aromatic nitrogens is 1. The number of nitrogen functional groups attached to an aromatic ring is 1. The van der Waals surface area contributed by atoms with Gasteiger partial charge in [0.2, 0.25) is 0 Å². The Balaban J connectivity index is 2.03. The van der Waals surface area contributed by atoms with Crippen molar-refractivity contribution >= 4 is 63.7 Å². The average Bonchev–Trinajstić information content (AvgIpc) is 3.21. The van der Waals surface area contributed by atoms with Gasteiger partial charge in [0.1, 0.15) is 5.02 Å². The van der Waals surface area contributed by atoms with Crippen molar-refractivity contribution in [2.75, 3.05) is 5.73 Å². The van der Waals surface area contributed by atoms with Gasteiger partial charge in [0.15, 0.2) is 16.0 Å². The van der Waals surface area contributed by atoms with E-state index in [2.05, 4.69) is 21.2 Å². The van der Waals surface area contributed by atoms with E-state index in [-0.39, 0.29) is 26.6 Å². The summed E-state index contributed by atoms with van der Waals surface area (Å²) in [6.07, 6.45) is 2.12. The van der Waals surface area contributed by atoms with Crippen LogP contribution >= 0.6 is 47.0 Å². The number of carbonyl (C=O) groups excluding carboxylic acids is 1. The zero-order valence-corrected chi connectivity index (χ0v) is 13.1. The summed E-state index contributed by atoms with van der Waals surface area (Å²) in [6.45, 7) is 0. The largest absolute Gasteiger partial charge is 0.396 e. The van der Waals surface area contributed by atoms with Crippen LogP contribution in [0, 0.1) is 0 Å². The fraction of sp³-hybridized carbons (Fsp3) is 0.300. The molecule has 1 aliphatic rings. The van der Waals surface area contributed by atoms with Crippen LogP contribution in [0.15, 0.2) is 0 Å². The Morgan fingerprint density at radius 3 is 2.50 bits per heavy atom. The van der Waals surface area contributed by atoms with Crippen LogP contribution in [0.4, 0.5) is 5.69 Å². The van der Waals surface area contributed by atoms with Gasteiger partial charge in [0, 0.05) is 6.04 Å². The van der Waals surface area contributed by atoms with E-state index in [4.69, 9.17) is 52.8 Å². The third-order valence-electron chi connectivity index (χ3n) is 2.49. The highest BCUT2D eigenvalue weighted by Gasteiger charge is 2.23. The Hall–Kier alpha value is -1.02. The Bertz CT molecular complexity index is 579. The zero-order valence-electron chi connectivity index (χ0n) is 9.97. The number of anilines is 1. The molecular weight excluding hydrogens is 345 g/mol. The highest BCUT2D eigenvalue weighted by Crippen LogP contribution is 2.34. The van der Waals surface area contributed by atoms with Crippen LogP contribution in [-0.2, 0) is 0 Å². The van der Waals surface area contributed by atoms with Gasteiger partial charge >= 0.3 is 0 Å². The molecule has 1 amide bonds. The summed E-state index contributed by atoms with van der Waals surface area (Å²) in [4.78, 5) is 15.7. The first-order valence-electron chi connectivity index (χ1n) is 5.57. The summed E-state index contributed by atoms with van der Waals surface area (Å²) in [5.74, 6) is -0.625. The van der Waals surface area contributed by atoms with Gasteiger partial charge < -0.3 is 11.1 Å². The monoisotopic (exact) mass is 353 g/mol. The number of carbonyl (C=O) groups is 1. The van der Waals surface area contributed by atoms with Gasteiger partial charge in [0.05, 0.1) is 10.7 Å². The van der Waals surface area contributed by atoms with Crippen LogP contribution in [0.5, 0.6) is 0 Å². The highest BCUT2D eigenvalue weighted by molar-refractivity contribution is 7.80. The molecule has 5 N–H and O–H groups in total. The average molecular weight is 355 g/mol. The normalized spacial score (nSPS) is 13.8. The minimum absolute atomic E-state index is 0.00262. The van der Waals surface area contributed by atoms with Crippen molar-refractivity contribution in [3.05, 3.63) is 20.9 Å². The van der Waals surface area contributed by atoms with E-state index in [1.807, 2.05) is 0 Å². The van der Waals surface area contributed by atoms with E-state index in [0.29, 0.717) is 11.2 Å². The Morgan fingerprint density at radius 2 is 1.90 bits per heavy atom. The lowest BCUT2D eigenvalue weighted by Gasteiger charge is -2.12. The Labute approximate surface area is 135 Å². The van der Waals surface area contributed by atoms with Crippen molar-refractivity contribution < 1.29 is 4.79 Å². The number of amides is 1. The van der Waals surface area contributed by atoms with Gasteiger partial charge in [-0.05, 0) is 25.1 Å². The van der Waals surface area contributed by atoms with E-state index >= 15 is 0 Å². The Kier molecular flexibility index (Phi) is 4.74. The number of rotatable bonds is 2. The number of hydrazine groups is 1. The molecule has 1 aromatic rings. The van der Waals surface area contributed by atoms with E-state index in [1.54, 1.807) is 0 Å². The van der Waals surface area contributed by atoms with Gasteiger partial charge in [-0.3, -0.25) is 15.6 Å². The van der Waals surface area contributed by atoms with Crippen LogP contribution in [0.25, 0.3) is 0 Å². The molecule has 0 bridgehead atoms. The zero-order chi connectivity index (χ0) is 14.9. The predicted octanol–water partition coefficient (Wildman–Crippen LogP) is 1.90. The quantitative estimate of drug-likeness (QED) is 0.368. The molecule has 2 rings (SSSR count). The van der Waals surface area contributed by atoms with E-state index < -0.39 is 5.91 Å². The number of halogens is 3. The lowest BCUT2D eigenvalue weighted by molar-refractivity contribution is 0.0939. The lowest BCUT2D eigenvalue weighted by atomic mass is 10.3. The molecule has 20 heavy (non-hydrogen) atoms. The lowest BCUT2D eigenvalue weighted by Crippen LogP contribution is -2.47. The molecule has 1 heterocycles. The third kappa shape index (κ3) is 3.54. The van der Waals surface area contributed by atoms with Crippen LogP contribution in [-0.4, -0.2) is 22.0 Å². The van der Waals surface area contributed by atoms with Crippen molar-refractivity contribution in [3.8, 4) is 0 Å². The van der Waals surface area contributed by atoms with E-state index in [0.717, 1.165) is 12.8 Å². The summed E-state index contributed by atoms with van der Waals surface area (Å²) in [7, 11) is 0. The molecule has 0 spiro atoms. The molecule has 0 aliphatic heterocycles. The van der Waals surface area contributed by atoms with Crippen molar-refractivity contribution in [3.63, 3.8) is 0 Å². The second kappa shape index (κ2) is 6.17. The number of nitrogens with zero attached hydrogens (tertiary/aromatic N) is 1. The number of pyridine rings is 1. The SMILES string of the molecule is Nc1c(Cl)c(Cl)nc(C(=O)NNC(=S)NC2CC2)c1Cl. The van der Waals surface area contributed by atoms with Crippen LogP contribution in [0.2, 0.25) is 15.2 Å². The fourth-order valence-electron chi connectivity index (χ4n) is 1.30. The highest BCUT2D eigenvalue weighted by atomic mass is 35.5. The number of nitrogens with one attached hydrogen (secondary N) is 3. The second-order valence-electron chi connectivity index (χ2n) is 4.12. The first-order chi connectivity index (χ1) is 9.40. The first kappa shape index (κ1) is 15.4. The summed E-state index contributed by atoms with van der Waals surface area (Å²) < 4.78 is 0. The summed E-state index contributed by atoms with van der Waals surface area (Å²) in [5, 5.41) is 3.13. The third-order valence-corrected chi connectivity index (χ3v) is 3.84. The molecule has 0 aromatic carbocycles. The fourth-order valence-corrected chi connectivity index (χ4v) is 2.12. The van der Waals surface area contributed by atoms with Gasteiger partial charge in [-0.25, -0.2) is 4.98 Å². The second-order valence-corrected chi connectivity index (χ2v) is 5.64. The number of hydrogen-bond acceptors (Lipinski definition) is 4. The Morgan fingerprint density at radius 1 is 1.25 bits per heavy atom. The molecule has 1 aliphatic carbocycles. The van der Waals surface area contributed by atoms with Gasteiger partial charge in [-0.1, -0.05) is 34.8 Å².